The van der Waals surface area contributed by atoms with Gasteiger partial charge in [0.1, 0.15) is 5.82 Å². The average Bonchev–Trinajstić information content (AvgIpc) is 3.13. The van der Waals surface area contributed by atoms with Crippen molar-refractivity contribution in [2.24, 2.45) is 16.8 Å². The van der Waals surface area contributed by atoms with E-state index < -0.39 is 0 Å². The van der Waals surface area contributed by atoms with Crippen LogP contribution in [0.5, 0.6) is 0 Å². The average molecular weight is 290 g/mol. The van der Waals surface area contributed by atoms with Gasteiger partial charge >= 0.3 is 0 Å². The Morgan fingerprint density at radius 2 is 2.43 bits per heavy atom. The normalized spacial score (nSPS) is 21.9. The van der Waals surface area contributed by atoms with E-state index >= 15 is 0 Å². The summed E-state index contributed by atoms with van der Waals surface area (Å²) in [7, 11) is 1.73. The SMILES string of the molecule is COCC1CCN(c2nc3c(cc2C(N)=NO)CCC3)C1. The van der Waals surface area contributed by atoms with Crippen molar-refractivity contribution in [1.29, 1.82) is 0 Å². The summed E-state index contributed by atoms with van der Waals surface area (Å²) in [5.41, 5.74) is 9.00. The highest BCUT2D eigenvalue weighted by Crippen LogP contribution is 2.30. The van der Waals surface area contributed by atoms with E-state index in [2.05, 4.69) is 10.1 Å². The minimum atomic E-state index is 0.141. The summed E-state index contributed by atoms with van der Waals surface area (Å²) >= 11 is 0. The van der Waals surface area contributed by atoms with Gasteiger partial charge in [0.15, 0.2) is 5.84 Å². The molecule has 1 atom stereocenters. The van der Waals surface area contributed by atoms with Crippen molar-refractivity contribution >= 4 is 11.7 Å². The Bertz CT molecular complexity index is 559. The first-order chi connectivity index (χ1) is 10.2. The zero-order chi connectivity index (χ0) is 14.8. The molecule has 1 saturated heterocycles. The zero-order valence-corrected chi connectivity index (χ0v) is 12.4. The summed E-state index contributed by atoms with van der Waals surface area (Å²) < 4.78 is 5.25. The molecule has 1 aliphatic heterocycles. The monoisotopic (exact) mass is 290 g/mol. The molecule has 1 fully saturated rings. The molecule has 3 rings (SSSR count). The first-order valence-corrected chi connectivity index (χ1v) is 7.47. The van der Waals surface area contributed by atoms with Crippen LogP contribution < -0.4 is 10.6 Å². The van der Waals surface area contributed by atoms with E-state index in [1.54, 1.807) is 7.11 Å². The molecule has 0 aromatic carbocycles. The highest BCUT2D eigenvalue weighted by atomic mass is 16.5. The Labute approximate surface area is 124 Å². The van der Waals surface area contributed by atoms with E-state index in [9.17, 15) is 0 Å². The van der Waals surface area contributed by atoms with E-state index in [-0.39, 0.29) is 5.84 Å². The number of aryl methyl sites for hydroxylation is 2. The molecule has 2 heterocycles. The number of ether oxygens (including phenoxy) is 1. The summed E-state index contributed by atoms with van der Waals surface area (Å²) in [5.74, 6) is 1.51. The Balaban J connectivity index is 1.93. The molecule has 0 radical (unpaired) electrons. The smallest absolute Gasteiger partial charge is 0.173 e. The fraction of sp³-hybridized carbons (Fsp3) is 0.600. The second-order valence-electron chi connectivity index (χ2n) is 5.86. The maximum Gasteiger partial charge on any atom is 0.173 e. The van der Waals surface area contributed by atoms with Gasteiger partial charge in [-0.2, -0.15) is 0 Å². The molecule has 0 amide bonds. The molecule has 1 unspecified atom stereocenters. The van der Waals surface area contributed by atoms with Crippen molar-refractivity contribution in [3.05, 3.63) is 22.9 Å². The third-order valence-corrected chi connectivity index (χ3v) is 4.40. The Kier molecular flexibility index (Phi) is 3.96. The van der Waals surface area contributed by atoms with Gasteiger partial charge in [-0.05, 0) is 37.3 Å². The van der Waals surface area contributed by atoms with E-state index in [1.165, 1.54) is 5.56 Å². The van der Waals surface area contributed by atoms with Crippen LogP contribution in [-0.4, -0.2) is 42.8 Å². The summed E-state index contributed by atoms with van der Waals surface area (Å²) in [6.07, 6.45) is 4.27. The highest BCUT2D eigenvalue weighted by molar-refractivity contribution is 6.01. The van der Waals surface area contributed by atoms with E-state index in [0.717, 1.165) is 62.5 Å². The molecule has 2 aliphatic rings. The summed E-state index contributed by atoms with van der Waals surface area (Å²) in [6.45, 7) is 2.61. The molecule has 21 heavy (non-hydrogen) atoms. The van der Waals surface area contributed by atoms with Gasteiger partial charge in [-0.25, -0.2) is 4.98 Å². The number of nitrogens with zero attached hydrogens (tertiary/aromatic N) is 3. The number of methoxy groups -OCH3 is 1. The number of fused-ring (bicyclic) bond motifs is 1. The lowest BCUT2D eigenvalue weighted by Gasteiger charge is -2.21. The third-order valence-electron chi connectivity index (χ3n) is 4.40. The topological polar surface area (TPSA) is 84.0 Å². The first-order valence-electron chi connectivity index (χ1n) is 7.47. The standard InChI is InChI=1S/C15H22N4O2/c1-21-9-10-5-6-19(8-10)15-12(14(16)18-20)7-11-3-2-4-13(11)17-15/h7,10,20H,2-6,8-9H2,1H3,(H2,16,18). The van der Waals surface area contributed by atoms with Crippen LogP contribution in [0.1, 0.15) is 29.7 Å². The number of amidine groups is 1. The molecule has 6 heteroatoms. The lowest BCUT2D eigenvalue weighted by atomic mass is 10.1. The molecule has 3 N–H and O–H groups in total. The minimum absolute atomic E-state index is 0.141. The maximum absolute atomic E-state index is 9.04. The van der Waals surface area contributed by atoms with Crippen LogP contribution >= 0.6 is 0 Å². The second kappa shape index (κ2) is 5.89. The van der Waals surface area contributed by atoms with Crippen LogP contribution in [0.15, 0.2) is 11.2 Å². The van der Waals surface area contributed by atoms with Crippen LogP contribution in [0, 0.1) is 5.92 Å². The summed E-state index contributed by atoms with van der Waals surface area (Å²) in [5, 5.41) is 12.2. The predicted molar refractivity (Wildman–Crippen MR) is 81.0 cm³/mol. The molecule has 0 spiro atoms. The van der Waals surface area contributed by atoms with Gasteiger partial charge in [0.25, 0.3) is 0 Å². The quantitative estimate of drug-likeness (QED) is 0.376. The predicted octanol–water partition coefficient (Wildman–Crippen LogP) is 1.14. The Morgan fingerprint density at radius 1 is 1.57 bits per heavy atom. The second-order valence-corrected chi connectivity index (χ2v) is 5.86. The fourth-order valence-electron chi connectivity index (χ4n) is 3.34. The van der Waals surface area contributed by atoms with Crippen LogP contribution in [0.2, 0.25) is 0 Å². The molecule has 0 saturated carbocycles. The van der Waals surface area contributed by atoms with Gasteiger partial charge in [-0.1, -0.05) is 5.16 Å². The van der Waals surface area contributed by atoms with Crippen LogP contribution in [0.25, 0.3) is 0 Å². The first kappa shape index (κ1) is 14.1. The summed E-state index contributed by atoms with van der Waals surface area (Å²) in [4.78, 5) is 7.04. The van der Waals surface area contributed by atoms with Crippen LogP contribution in [-0.2, 0) is 17.6 Å². The molecular formula is C15H22N4O2. The lowest BCUT2D eigenvalue weighted by Crippen LogP contribution is -2.27. The van der Waals surface area contributed by atoms with Crippen molar-refractivity contribution in [3.8, 4) is 0 Å². The number of aromatic nitrogens is 1. The van der Waals surface area contributed by atoms with Gasteiger partial charge in [0.05, 0.1) is 12.2 Å². The van der Waals surface area contributed by atoms with Gasteiger partial charge in [0.2, 0.25) is 0 Å². The molecular weight excluding hydrogens is 268 g/mol. The molecule has 1 aromatic heterocycles. The van der Waals surface area contributed by atoms with Gasteiger partial charge in [0, 0.05) is 31.8 Å². The number of anilines is 1. The van der Waals surface area contributed by atoms with Gasteiger partial charge in [-0.15, -0.1) is 0 Å². The molecule has 6 nitrogen and oxygen atoms in total. The van der Waals surface area contributed by atoms with Crippen LogP contribution in [0.4, 0.5) is 5.82 Å². The van der Waals surface area contributed by atoms with E-state index in [1.807, 2.05) is 6.07 Å². The van der Waals surface area contributed by atoms with Crippen molar-refractivity contribution < 1.29 is 9.94 Å². The van der Waals surface area contributed by atoms with E-state index in [4.69, 9.17) is 20.7 Å². The number of pyridine rings is 1. The number of nitrogens with two attached hydrogens (primary N) is 1. The highest BCUT2D eigenvalue weighted by Gasteiger charge is 2.28. The largest absolute Gasteiger partial charge is 0.409 e. The number of hydrogen-bond acceptors (Lipinski definition) is 5. The molecule has 114 valence electrons. The van der Waals surface area contributed by atoms with Crippen molar-refractivity contribution in [2.45, 2.75) is 25.7 Å². The molecule has 1 aliphatic carbocycles. The van der Waals surface area contributed by atoms with E-state index in [0.29, 0.717) is 5.92 Å². The number of hydrogen-bond donors (Lipinski definition) is 2. The van der Waals surface area contributed by atoms with Crippen LogP contribution in [0.3, 0.4) is 0 Å². The van der Waals surface area contributed by atoms with Gasteiger partial charge < -0.3 is 20.6 Å². The fourth-order valence-corrected chi connectivity index (χ4v) is 3.34. The zero-order valence-electron chi connectivity index (χ0n) is 12.4. The number of oxime groups is 1. The molecule has 0 bridgehead atoms. The lowest BCUT2D eigenvalue weighted by molar-refractivity contribution is 0.161. The molecule has 1 aromatic rings. The summed E-state index contributed by atoms with van der Waals surface area (Å²) in [6, 6.07) is 2.05. The van der Waals surface area contributed by atoms with Crippen molar-refractivity contribution in [2.75, 3.05) is 31.7 Å². The third kappa shape index (κ3) is 2.68. The minimum Gasteiger partial charge on any atom is -0.409 e. The Morgan fingerprint density at radius 3 is 3.19 bits per heavy atom. The van der Waals surface area contributed by atoms with Crippen molar-refractivity contribution in [3.63, 3.8) is 0 Å². The maximum atomic E-state index is 9.04. The van der Waals surface area contributed by atoms with Crippen molar-refractivity contribution in [1.82, 2.24) is 4.98 Å². The van der Waals surface area contributed by atoms with Gasteiger partial charge in [-0.3, -0.25) is 0 Å². The Hall–Kier alpha value is -1.82. The number of rotatable bonds is 4.